The maximum Gasteiger partial charge on any atom is 0.227 e. The van der Waals surface area contributed by atoms with Crippen molar-refractivity contribution in [2.45, 2.75) is 13.0 Å². The number of benzene rings is 1. The van der Waals surface area contributed by atoms with Crippen LogP contribution in [0.3, 0.4) is 0 Å². The Labute approximate surface area is 120 Å². The summed E-state index contributed by atoms with van der Waals surface area (Å²) in [6.07, 6.45) is 0.0126. The minimum absolute atomic E-state index is 0.0126. The van der Waals surface area contributed by atoms with Gasteiger partial charge in [0.2, 0.25) is 5.91 Å². The molecule has 1 N–H and O–H groups in total. The molecule has 0 bridgehead atoms. The van der Waals surface area contributed by atoms with Gasteiger partial charge in [-0.15, -0.1) is 0 Å². The quantitative estimate of drug-likeness (QED) is 0.887. The van der Waals surface area contributed by atoms with Crippen molar-refractivity contribution in [3.05, 3.63) is 35.9 Å². The zero-order chi connectivity index (χ0) is 13.9. The Kier molecular flexibility index (Phi) is 4.03. The first-order chi connectivity index (χ1) is 9.75. The smallest absolute Gasteiger partial charge is 0.227 e. The van der Waals surface area contributed by atoms with Crippen LogP contribution in [0.25, 0.3) is 0 Å². The Bertz CT molecular complexity index is 463. The standard InChI is InChI=1S/C16H22N2O2/c1-12-9-17-10-14(12)16(19)18-7-8-20-15(11-18)13-5-3-2-4-6-13/h2-6,12,14-15,17H,7-11H2,1H3/t12-,14-,15?/m1/s1. The predicted molar refractivity (Wildman–Crippen MR) is 77.2 cm³/mol. The Morgan fingerprint density at radius 2 is 2.10 bits per heavy atom. The fourth-order valence-electron chi connectivity index (χ4n) is 3.09. The van der Waals surface area contributed by atoms with Crippen molar-refractivity contribution in [3.8, 4) is 0 Å². The molecule has 3 rings (SSSR count). The molecule has 108 valence electrons. The maximum atomic E-state index is 12.6. The van der Waals surface area contributed by atoms with Crippen molar-refractivity contribution in [2.24, 2.45) is 11.8 Å². The molecule has 1 aromatic carbocycles. The predicted octanol–water partition coefficient (Wildman–Crippen LogP) is 1.44. The van der Waals surface area contributed by atoms with Gasteiger partial charge in [-0.25, -0.2) is 0 Å². The van der Waals surface area contributed by atoms with Gasteiger partial charge in [0.05, 0.1) is 19.1 Å². The molecule has 1 amide bonds. The first-order valence-corrected chi connectivity index (χ1v) is 7.42. The number of hydrogen-bond donors (Lipinski definition) is 1. The number of carbonyl (C=O) groups is 1. The lowest BCUT2D eigenvalue weighted by Gasteiger charge is -2.35. The van der Waals surface area contributed by atoms with Gasteiger partial charge < -0.3 is 15.0 Å². The highest BCUT2D eigenvalue weighted by molar-refractivity contribution is 5.80. The van der Waals surface area contributed by atoms with Gasteiger partial charge in [-0.05, 0) is 18.0 Å². The zero-order valence-electron chi connectivity index (χ0n) is 11.9. The lowest BCUT2D eigenvalue weighted by Crippen LogP contribution is -2.46. The average Bonchev–Trinajstić information content (AvgIpc) is 2.94. The van der Waals surface area contributed by atoms with Crippen LogP contribution in [-0.4, -0.2) is 43.6 Å². The number of ether oxygens (including phenoxy) is 1. The fourth-order valence-corrected chi connectivity index (χ4v) is 3.09. The van der Waals surface area contributed by atoms with E-state index in [1.54, 1.807) is 0 Å². The molecule has 4 heteroatoms. The summed E-state index contributed by atoms with van der Waals surface area (Å²) in [4.78, 5) is 14.6. The number of nitrogens with one attached hydrogen (secondary N) is 1. The summed E-state index contributed by atoms with van der Waals surface area (Å²) in [5.41, 5.74) is 1.16. The third-order valence-corrected chi connectivity index (χ3v) is 4.38. The van der Waals surface area contributed by atoms with E-state index in [2.05, 4.69) is 24.4 Å². The lowest BCUT2D eigenvalue weighted by molar-refractivity contribution is -0.143. The van der Waals surface area contributed by atoms with Crippen molar-refractivity contribution in [3.63, 3.8) is 0 Å². The summed E-state index contributed by atoms with van der Waals surface area (Å²) in [6.45, 7) is 5.92. The van der Waals surface area contributed by atoms with E-state index in [1.165, 1.54) is 0 Å². The van der Waals surface area contributed by atoms with Gasteiger partial charge in [0.25, 0.3) is 0 Å². The SMILES string of the molecule is C[C@@H]1CNC[C@H]1C(=O)N1CCOC(c2ccccc2)C1. The first-order valence-electron chi connectivity index (χ1n) is 7.42. The van der Waals surface area contributed by atoms with E-state index in [0.717, 1.165) is 18.7 Å². The Morgan fingerprint density at radius 1 is 1.30 bits per heavy atom. The highest BCUT2D eigenvalue weighted by Gasteiger charge is 2.35. The number of nitrogens with zero attached hydrogens (tertiary/aromatic N) is 1. The van der Waals surface area contributed by atoms with Gasteiger partial charge in [-0.3, -0.25) is 4.79 Å². The molecular formula is C16H22N2O2. The van der Waals surface area contributed by atoms with Gasteiger partial charge >= 0.3 is 0 Å². The molecule has 20 heavy (non-hydrogen) atoms. The third-order valence-electron chi connectivity index (χ3n) is 4.38. The molecule has 1 aromatic rings. The fraction of sp³-hybridized carbons (Fsp3) is 0.562. The molecular weight excluding hydrogens is 252 g/mol. The molecule has 0 spiro atoms. The van der Waals surface area contributed by atoms with Gasteiger partial charge in [0.15, 0.2) is 0 Å². The molecule has 2 aliphatic rings. The molecule has 0 aromatic heterocycles. The molecule has 2 heterocycles. The Balaban J connectivity index is 1.67. The highest BCUT2D eigenvalue weighted by Crippen LogP contribution is 2.25. The molecule has 1 unspecified atom stereocenters. The molecule has 0 radical (unpaired) electrons. The van der Waals surface area contributed by atoms with E-state index < -0.39 is 0 Å². The number of rotatable bonds is 2. The van der Waals surface area contributed by atoms with E-state index in [-0.39, 0.29) is 17.9 Å². The minimum atomic E-state index is 0.0126. The van der Waals surface area contributed by atoms with Crippen LogP contribution in [0.1, 0.15) is 18.6 Å². The lowest BCUT2D eigenvalue weighted by atomic mass is 9.96. The zero-order valence-corrected chi connectivity index (χ0v) is 11.9. The number of hydrogen-bond acceptors (Lipinski definition) is 3. The average molecular weight is 274 g/mol. The molecule has 4 nitrogen and oxygen atoms in total. The summed E-state index contributed by atoms with van der Waals surface area (Å²) in [6, 6.07) is 10.2. The second-order valence-corrected chi connectivity index (χ2v) is 5.80. The summed E-state index contributed by atoms with van der Waals surface area (Å²) in [5, 5.41) is 3.31. The van der Waals surface area contributed by atoms with Crippen LogP contribution in [-0.2, 0) is 9.53 Å². The van der Waals surface area contributed by atoms with Crippen molar-refractivity contribution in [1.29, 1.82) is 0 Å². The normalized spacial score (nSPS) is 30.4. The largest absolute Gasteiger partial charge is 0.370 e. The van der Waals surface area contributed by atoms with Crippen LogP contribution in [0.2, 0.25) is 0 Å². The van der Waals surface area contributed by atoms with Crippen molar-refractivity contribution < 1.29 is 9.53 Å². The van der Waals surface area contributed by atoms with Crippen LogP contribution in [0.15, 0.2) is 30.3 Å². The maximum absolute atomic E-state index is 12.6. The second-order valence-electron chi connectivity index (χ2n) is 5.80. The summed E-state index contributed by atoms with van der Waals surface area (Å²) in [7, 11) is 0. The van der Waals surface area contributed by atoms with E-state index in [4.69, 9.17) is 4.74 Å². The summed E-state index contributed by atoms with van der Waals surface area (Å²) < 4.78 is 5.82. The molecule has 3 atom stereocenters. The van der Waals surface area contributed by atoms with E-state index in [9.17, 15) is 4.79 Å². The molecule has 0 saturated carbocycles. The van der Waals surface area contributed by atoms with Gasteiger partial charge in [0, 0.05) is 13.1 Å². The number of morpholine rings is 1. The Morgan fingerprint density at radius 3 is 2.80 bits per heavy atom. The van der Waals surface area contributed by atoms with Crippen LogP contribution >= 0.6 is 0 Å². The molecule has 2 aliphatic heterocycles. The van der Waals surface area contributed by atoms with Crippen molar-refractivity contribution in [2.75, 3.05) is 32.8 Å². The van der Waals surface area contributed by atoms with Crippen molar-refractivity contribution in [1.82, 2.24) is 10.2 Å². The van der Waals surface area contributed by atoms with Crippen molar-refractivity contribution >= 4 is 5.91 Å². The number of carbonyl (C=O) groups excluding carboxylic acids is 1. The van der Waals surface area contributed by atoms with E-state index in [0.29, 0.717) is 25.6 Å². The van der Waals surface area contributed by atoms with Crippen LogP contribution in [0.4, 0.5) is 0 Å². The Hall–Kier alpha value is -1.39. The van der Waals surface area contributed by atoms with Crippen LogP contribution in [0.5, 0.6) is 0 Å². The summed E-state index contributed by atoms with van der Waals surface area (Å²) in [5.74, 6) is 0.844. The molecule has 0 aliphatic carbocycles. The first kappa shape index (κ1) is 13.6. The molecule has 2 saturated heterocycles. The van der Waals surface area contributed by atoms with Gasteiger partial charge in [-0.1, -0.05) is 37.3 Å². The van der Waals surface area contributed by atoms with E-state index >= 15 is 0 Å². The second kappa shape index (κ2) is 5.94. The number of amides is 1. The van der Waals surface area contributed by atoms with Crippen LogP contribution < -0.4 is 5.32 Å². The minimum Gasteiger partial charge on any atom is -0.370 e. The monoisotopic (exact) mass is 274 g/mol. The highest BCUT2D eigenvalue weighted by atomic mass is 16.5. The molecule has 2 fully saturated rings. The van der Waals surface area contributed by atoms with Crippen LogP contribution in [0, 0.1) is 11.8 Å². The van der Waals surface area contributed by atoms with Gasteiger partial charge in [-0.2, -0.15) is 0 Å². The van der Waals surface area contributed by atoms with E-state index in [1.807, 2.05) is 23.1 Å². The third kappa shape index (κ3) is 2.72. The van der Waals surface area contributed by atoms with Gasteiger partial charge in [0.1, 0.15) is 6.10 Å². The summed E-state index contributed by atoms with van der Waals surface area (Å²) >= 11 is 0. The topological polar surface area (TPSA) is 41.6 Å².